The number of carbonyl (C=O) groups excluding carboxylic acids is 2. The Hall–Kier alpha value is -4.30. The number of ether oxygens (including phenoxy) is 2. The highest BCUT2D eigenvalue weighted by Gasteiger charge is 2.69. The van der Waals surface area contributed by atoms with Crippen LogP contribution in [0.15, 0.2) is 75.4 Å². The molecule has 0 bridgehead atoms. The minimum atomic E-state index is -2.90. The zero-order valence-electron chi connectivity index (χ0n) is 32.9. The molecule has 2 heterocycles. The zero-order chi connectivity index (χ0) is 39.6. The molecule has 4 atom stereocenters. The number of Topliss-reactive ketones (excluding diaryl/α,β-unsaturated/α-hetero) is 2. The number of hydrogen-bond acceptors (Lipinski definition) is 11. The molecular weight excluding hydrogens is 780 g/mol. The number of aromatic nitrogens is 2. The molecule has 3 aliphatic rings. The third kappa shape index (κ3) is 6.52. The molecule has 0 aliphatic heterocycles. The minimum Gasteiger partial charge on any atom is -0.507 e. The third-order valence-corrected chi connectivity index (χ3v) is 16.7. The van der Waals surface area contributed by atoms with Crippen LogP contribution in [0.4, 0.5) is 5.82 Å². The molecule has 0 spiro atoms. The van der Waals surface area contributed by atoms with Crippen LogP contribution in [0.25, 0.3) is 5.76 Å². The highest BCUT2D eigenvalue weighted by atomic mass is 79.9. The van der Waals surface area contributed by atoms with Gasteiger partial charge in [-0.25, -0.2) is 4.98 Å². The van der Waals surface area contributed by atoms with Crippen molar-refractivity contribution >= 4 is 47.4 Å². The Morgan fingerprint density at radius 2 is 1.53 bits per heavy atom. The highest BCUT2D eigenvalue weighted by Crippen LogP contribution is 2.59. The second kappa shape index (κ2) is 14.3. The number of hydrogen-bond donors (Lipinski definition) is 1. The summed E-state index contributed by atoms with van der Waals surface area (Å²) in [6.45, 7) is 10.7. The summed E-state index contributed by atoms with van der Waals surface area (Å²) in [6, 6.07) is 18.7. The van der Waals surface area contributed by atoms with Gasteiger partial charge in [0.15, 0.2) is 30.0 Å². The lowest BCUT2D eigenvalue weighted by molar-refractivity contribution is -0.140. The Morgan fingerprint density at radius 3 is 2.09 bits per heavy atom. The molecule has 4 aromatic rings. The van der Waals surface area contributed by atoms with Crippen LogP contribution < -0.4 is 14.4 Å². The van der Waals surface area contributed by atoms with Crippen LogP contribution in [0.1, 0.15) is 71.6 Å². The Balaban J connectivity index is 1.43. The molecular formula is C42H49BrN4O7Si. The molecule has 2 aromatic carbocycles. The molecule has 13 heteroatoms. The maximum atomic E-state index is 15.8. The van der Waals surface area contributed by atoms with Gasteiger partial charge in [0.1, 0.15) is 30.4 Å². The zero-order valence-corrected chi connectivity index (χ0v) is 35.5. The molecule has 0 amide bonds. The topological polar surface area (TPSA) is 127 Å². The first-order valence-corrected chi connectivity index (χ1v) is 22.3. The van der Waals surface area contributed by atoms with E-state index in [-0.39, 0.29) is 41.0 Å². The fraction of sp³-hybridized carbons (Fsp3) is 0.429. The van der Waals surface area contributed by atoms with Gasteiger partial charge in [-0.3, -0.25) is 14.5 Å². The monoisotopic (exact) mass is 828 g/mol. The SMILES string of the molecule is CN(C)c1nc(Br)c(OCc2ccccc2)c2c1C[C@H]1C[C@H]3[C@H](N(C)C)c4onc(OCc5ccccc5)c4C(=O)[C@@]3(O[Si](C)(C)C(C)(C)C)C(=O)C1=C2O. The van der Waals surface area contributed by atoms with E-state index >= 15 is 9.59 Å². The third-order valence-electron chi connectivity index (χ3n) is 11.7. The summed E-state index contributed by atoms with van der Waals surface area (Å²) >= 11 is 3.62. The molecule has 3 aliphatic carbocycles. The normalized spacial score (nSPS) is 22.2. The van der Waals surface area contributed by atoms with Crippen molar-refractivity contribution in [3.8, 4) is 11.6 Å². The van der Waals surface area contributed by atoms with E-state index in [0.29, 0.717) is 40.3 Å². The van der Waals surface area contributed by atoms with Crippen LogP contribution in [-0.4, -0.2) is 73.8 Å². The summed E-state index contributed by atoms with van der Waals surface area (Å²) in [5.74, 6) is -1.16. The molecule has 7 rings (SSSR count). The van der Waals surface area contributed by atoms with Gasteiger partial charge in [-0.1, -0.05) is 81.4 Å². The van der Waals surface area contributed by atoms with Gasteiger partial charge in [0.05, 0.1) is 11.6 Å². The van der Waals surface area contributed by atoms with Gasteiger partial charge in [-0.2, -0.15) is 0 Å². The van der Waals surface area contributed by atoms with E-state index in [9.17, 15) is 5.11 Å². The summed E-state index contributed by atoms with van der Waals surface area (Å²) in [6.07, 6.45) is 0.725. The number of fused-ring (bicyclic) bond motifs is 4. The quantitative estimate of drug-likeness (QED) is 0.0942. The van der Waals surface area contributed by atoms with Crippen LogP contribution in [-0.2, 0) is 28.9 Å². The predicted molar refractivity (Wildman–Crippen MR) is 216 cm³/mol. The molecule has 1 saturated carbocycles. The highest BCUT2D eigenvalue weighted by molar-refractivity contribution is 9.10. The van der Waals surface area contributed by atoms with E-state index < -0.39 is 43.4 Å². The first-order valence-electron chi connectivity index (χ1n) is 18.6. The van der Waals surface area contributed by atoms with E-state index in [2.05, 4.69) is 41.9 Å². The van der Waals surface area contributed by atoms with Crippen molar-refractivity contribution in [3.05, 3.63) is 104 Å². The first-order chi connectivity index (χ1) is 26.0. The van der Waals surface area contributed by atoms with Crippen LogP contribution in [0.5, 0.6) is 11.6 Å². The molecule has 1 N–H and O–H groups in total. The number of aliphatic hydroxyl groups is 1. The Kier molecular flexibility index (Phi) is 10.1. The number of ketones is 2. The van der Waals surface area contributed by atoms with Crippen LogP contribution >= 0.6 is 15.9 Å². The maximum absolute atomic E-state index is 15.8. The number of nitrogens with zero attached hydrogens (tertiary/aromatic N) is 4. The molecule has 11 nitrogen and oxygen atoms in total. The summed E-state index contributed by atoms with van der Waals surface area (Å²) < 4.78 is 26.3. The summed E-state index contributed by atoms with van der Waals surface area (Å²) in [5.41, 5.74) is 1.20. The molecule has 0 saturated heterocycles. The van der Waals surface area contributed by atoms with Gasteiger partial charge in [0.25, 0.3) is 5.88 Å². The second-order valence-electron chi connectivity index (χ2n) is 16.7. The van der Waals surface area contributed by atoms with Crippen LogP contribution in [0.3, 0.4) is 0 Å². The number of rotatable bonds is 10. The number of halogens is 1. The fourth-order valence-corrected chi connectivity index (χ4v) is 10.0. The van der Waals surface area contributed by atoms with Gasteiger partial charge in [-0.15, -0.1) is 0 Å². The van der Waals surface area contributed by atoms with Gasteiger partial charge >= 0.3 is 0 Å². The average Bonchev–Trinajstić information content (AvgIpc) is 3.55. The number of pyridine rings is 1. The Bertz CT molecular complexity index is 2160. The average molecular weight is 830 g/mol. The van der Waals surface area contributed by atoms with Gasteiger partial charge in [0, 0.05) is 31.1 Å². The number of carbonyl (C=O) groups is 2. The summed E-state index contributed by atoms with van der Waals surface area (Å²) in [5, 5.41) is 16.5. The largest absolute Gasteiger partial charge is 0.507 e. The maximum Gasteiger partial charge on any atom is 0.265 e. The molecule has 2 aromatic heterocycles. The standard InChI is InChI=1S/C42H49BrN4O7Si/c1-41(2,3)55(8,9)54-42-28(32(46(4)5)34-31(37(42)50)40(45-53-34)52-23-25-18-14-11-15-19-25)21-26-20-27-30(33(48)29(26)36(42)49)35(38(43)44-39(27)47(6)7)51-22-24-16-12-10-13-17-24/h10-19,26,28,32,48H,20-23H2,1-9H3/t26-,28-,32-,42-/m0/s1. The lowest BCUT2D eigenvalue weighted by Gasteiger charge is -2.55. The first kappa shape index (κ1) is 39.0. The number of aliphatic hydroxyl groups excluding tert-OH is 1. The van der Waals surface area contributed by atoms with Gasteiger partial charge in [-0.05, 0) is 83.2 Å². The van der Waals surface area contributed by atoms with Crippen LogP contribution in [0, 0.1) is 11.8 Å². The summed E-state index contributed by atoms with van der Waals surface area (Å²) in [7, 11) is 4.70. The Morgan fingerprint density at radius 1 is 0.927 bits per heavy atom. The van der Waals surface area contributed by atoms with E-state index in [1.54, 1.807) is 0 Å². The van der Waals surface area contributed by atoms with Crippen molar-refractivity contribution in [2.75, 3.05) is 33.1 Å². The molecule has 0 unspecified atom stereocenters. The number of anilines is 1. The van der Waals surface area contributed by atoms with Gasteiger partial charge < -0.3 is 28.4 Å². The van der Waals surface area contributed by atoms with Crippen molar-refractivity contribution in [1.29, 1.82) is 0 Å². The van der Waals surface area contributed by atoms with Crippen molar-refractivity contribution in [1.82, 2.24) is 15.0 Å². The lowest BCUT2D eigenvalue weighted by atomic mass is 9.57. The lowest BCUT2D eigenvalue weighted by Crippen LogP contribution is -2.68. The molecule has 55 heavy (non-hydrogen) atoms. The number of benzene rings is 2. The van der Waals surface area contributed by atoms with Crippen LogP contribution in [0.2, 0.25) is 18.1 Å². The summed E-state index contributed by atoms with van der Waals surface area (Å²) in [4.78, 5) is 40.1. The van der Waals surface area contributed by atoms with E-state index in [1.807, 2.05) is 112 Å². The van der Waals surface area contributed by atoms with Crippen molar-refractivity contribution < 1.29 is 33.1 Å². The second-order valence-corrected chi connectivity index (χ2v) is 22.2. The molecule has 0 radical (unpaired) electrons. The van der Waals surface area contributed by atoms with Gasteiger partial charge in [0.2, 0.25) is 11.6 Å². The van der Waals surface area contributed by atoms with E-state index in [1.165, 1.54) is 0 Å². The molecule has 290 valence electrons. The molecule has 1 fully saturated rings. The fourth-order valence-electron chi connectivity index (χ4n) is 8.08. The van der Waals surface area contributed by atoms with E-state index in [4.69, 9.17) is 23.4 Å². The Labute approximate surface area is 331 Å². The van der Waals surface area contributed by atoms with Crippen molar-refractivity contribution in [2.24, 2.45) is 11.8 Å². The van der Waals surface area contributed by atoms with Crippen molar-refractivity contribution in [3.63, 3.8) is 0 Å². The smallest absolute Gasteiger partial charge is 0.265 e. The predicted octanol–water partition coefficient (Wildman–Crippen LogP) is 8.35. The van der Waals surface area contributed by atoms with Crippen molar-refractivity contribution in [2.45, 2.75) is 76.6 Å². The van der Waals surface area contributed by atoms with E-state index in [0.717, 1.165) is 16.7 Å². The minimum absolute atomic E-state index is 0.0108.